The molecule has 2 unspecified atom stereocenters. The third-order valence-electron chi connectivity index (χ3n) is 3.93. The van der Waals surface area contributed by atoms with Crippen LogP contribution in [0.5, 0.6) is 0 Å². The second-order valence-corrected chi connectivity index (χ2v) is 5.43. The summed E-state index contributed by atoms with van der Waals surface area (Å²) < 4.78 is 1.87. The van der Waals surface area contributed by atoms with E-state index >= 15 is 0 Å². The number of hydrogen-bond donors (Lipinski definition) is 2. The largest absolute Gasteiger partial charge is 0.349 e. The van der Waals surface area contributed by atoms with Gasteiger partial charge in [-0.05, 0) is 31.9 Å². The number of anilines is 1. The van der Waals surface area contributed by atoms with E-state index in [1.807, 2.05) is 29.6 Å². The van der Waals surface area contributed by atoms with Crippen molar-refractivity contribution < 1.29 is 0 Å². The fourth-order valence-corrected chi connectivity index (χ4v) is 2.78. The summed E-state index contributed by atoms with van der Waals surface area (Å²) in [5, 5.41) is 7.93. The van der Waals surface area contributed by atoms with Gasteiger partial charge in [0.1, 0.15) is 0 Å². The summed E-state index contributed by atoms with van der Waals surface area (Å²) in [6.07, 6.45) is 5.94. The van der Waals surface area contributed by atoms with Gasteiger partial charge < -0.3 is 11.1 Å². The first-order valence-electron chi connectivity index (χ1n) is 7.08. The number of nitrogens with one attached hydrogen (secondary N) is 1. The Morgan fingerprint density at radius 1 is 1.26 bits per heavy atom. The highest BCUT2D eigenvalue weighted by Crippen LogP contribution is 2.19. The Morgan fingerprint density at radius 3 is 2.95 bits per heavy atom. The Balaban J connectivity index is 1.82. The number of fused-ring (bicyclic) bond motifs is 1. The third kappa shape index (κ3) is 2.56. The predicted octanol–water partition coefficient (Wildman–Crippen LogP) is 2.11. The fourth-order valence-electron chi connectivity index (χ4n) is 2.78. The Labute approximate surface area is 113 Å². The van der Waals surface area contributed by atoms with Gasteiger partial charge in [-0.1, -0.05) is 25.3 Å². The molecular weight excluding hydrogens is 238 g/mol. The van der Waals surface area contributed by atoms with E-state index in [1.54, 1.807) is 0 Å². The maximum atomic E-state index is 6.23. The Morgan fingerprint density at radius 2 is 2.11 bits per heavy atom. The van der Waals surface area contributed by atoms with Crippen molar-refractivity contribution in [3.8, 4) is 0 Å². The Hall–Kier alpha value is -1.62. The van der Waals surface area contributed by atoms with Crippen LogP contribution in [0.25, 0.3) is 5.65 Å². The highest BCUT2D eigenvalue weighted by atomic mass is 15.4. The first-order chi connectivity index (χ1) is 9.24. The van der Waals surface area contributed by atoms with Crippen molar-refractivity contribution in [3.63, 3.8) is 0 Å². The maximum Gasteiger partial charge on any atom is 0.243 e. The summed E-state index contributed by atoms with van der Waals surface area (Å²) in [6, 6.07) is 6.50. The van der Waals surface area contributed by atoms with Gasteiger partial charge in [0.15, 0.2) is 5.65 Å². The molecule has 2 aromatic rings. The summed E-state index contributed by atoms with van der Waals surface area (Å²) in [5.41, 5.74) is 8.19. The zero-order valence-electron chi connectivity index (χ0n) is 11.3. The lowest BCUT2D eigenvalue weighted by atomic mass is 10.0. The lowest BCUT2D eigenvalue weighted by Gasteiger charge is -2.21. The fraction of sp³-hybridized carbons (Fsp3) is 0.571. The van der Waals surface area contributed by atoms with Crippen molar-refractivity contribution in [2.24, 2.45) is 5.73 Å². The third-order valence-corrected chi connectivity index (χ3v) is 3.93. The van der Waals surface area contributed by atoms with Gasteiger partial charge in [-0.15, -0.1) is 5.10 Å². The number of aromatic nitrogens is 3. The van der Waals surface area contributed by atoms with Crippen LogP contribution in [0.4, 0.5) is 5.95 Å². The molecule has 2 heterocycles. The van der Waals surface area contributed by atoms with Gasteiger partial charge >= 0.3 is 0 Å². The lowest BCUT2D eigenvalue weighted by Crippen LogP contribution is -2.39. The van der Waals surface area contributed by atoms with Crippen LogP contribution in [-0.4, -0.2) is 26.7 Å². The van der Waals surface area contributed by atoms with Crippen LogP contribution in [0.1, 0.15) is 37.8 Å². The van der Waals surface area contributed by atoms with E-state index in [1.165, 1.54) is 19.3 Å². The monoisotopic (exact) mass is 259 g/mol. The summed E-state index contributed by atoms with van der Waals surface area (Å²) in [5.74, 6) is 0.691. The molecule has 1 saturated carbocycles. The summed E-state index contributed by atoms with van der Waals surface area (Å²) in [7, 11) is 0. The molecule has 1 aliphatic carbocycles. The number of nitrogens with two attached hydrogens (primary N) is 1. The molecule has 0 aliphatic heterocycles. The topological polar surface area (TPSA) is 68.2 Å². The molecule has 2 atom stereocenters. The van der Waals surface area contributed by atoms with E-state index in [0.29, 0.717) is 12.0 Å². The van der Waals surface area contributed by atoms with Crippen LogP contribution in [0.3, 0.4) is 0 Å². The van der Waals surface area contributed by atoms with Crippen molar-refractivity contribution in [2.45, 2.75) is 51.1 Å². The molecule has 0 bridgehead atoms. The number of aryl methyl sites for hydroxylation is 1. The van der Waals surface area contributed by atoms with Crippen LogP contribution >= 0.6 is 0 Å². The second kappa shape index (κ2) is 5.17. The Kier molecular flexibility index (Phi) is 3.38. The van der Waals surface area contributed by atoms with Crippen LogP contribution in [0.15, 0.2) is 18.2 Å². The summed E-state index contributed by atoms with van der Waals surface area (Å²) >= 11 is 0. The average molecular weight is 259 g/mol. The molecule has 0 spiro atoms. The van der Waals surface area contributed by atoms with Gasteiger partial charge in [0.2, 0.25) is 5.95 Å². The van der Waals surface area contributed by atoms with E-state index in [9.17, 15) is 0 Å². The average Bonchev–Trinajstić information content (AvgIpc) is 2.70. The number of rotatable bonds is 2. The van der Waals surface area contributed by atoms with Gasteiger partial charge in [-0.3, -0.25) is 0 Å². The molecule has 3 rings (SSSR count). The molecule has 5 nitrogen and oxygen atoms in total. The molecule has 0 aromatic carbocycles. The van der Waals surface area contributed by atoms with Crippen LogP contribution in [-0.2, 0) is 0 Å². The second-order valence-electron chi connectivity index (χ2n) is 5.43. The van der Waals surface area contributed by atoms with Crippen LogP contribution < -0.4 is 11.1 Å². The molecule has 5 heteroatoms. The number of nitrogens with zero attached hydrogens (tertiary/aromatic N) is 3. The van der Waals surface area contributed by atoms with E-state index in [0.717, 1.165) is 24.2 Å². The smallest absolute Gasteiger partial charge is 0.243 e. The molecule has 0 saturated heterocycles. The first kappa shape index (κ1) is 12.4. The van der Waals surface area contributed by atoms with Gasteiger partial charge in [0.05, 0.1) is 0 Å². The van der Waals surface area contributed by atoms with Gasteiger partial charge in [-0.25, -0.2) is 4.52 Å². The van der Waals surface area contributed by atoms with Gasteiger partial charge in [0, 0.05) is 17.8 Å². The molecule has 3 N–H and O–H groups in total. The molecule has 19 heavy (non-hydrogen) atoms. The molecule has 2 aromatic heterocycles. The highest BCUT2D eigenvalue weighted by molar-refractivity contribution is 5.44. The van der Waals surface area contributed by atoms with Crippen molar-refractivity contribution in [2.75, 3.05) is 5.32 Å². The Bertz CT molecular complexity index is 562. The first-order valence-corrected chi connectivity index (χ1v) is 7.08. The molecule has 1 fully saturated rings. The molecule has 0 amide bonds. The zero-order chi connectivity index (χ0) is 13.2. The zero-order valence-corrected chi connectivity index (χ0v) is 11.3. The predicted molar refractivity (Wildman–Crippen MR) is 76.2 cm³/mol. The maximum absolute atomic E-state index is 6.23. The lowest BCUT2D eigenvalue weighted by molar-refractivity contribution is 0.525. The minimum Gasteiger partial charge on any atom is -0.349 e. The van der Waals surface area contributed by atoms with E-state index in [4.69, 9.17) is 5.73 Å². The number of hydrogen-bond acceptors (Lipinski definition) is 4. The normalized spacial score (nSPS) is 24.3. The quantitative estimate of drug-likeness (QED) is 0.811. The van der Waals surface area contributed by atoms with Crippen molar-refractivity contribution in [1.29, 1.82) is 0 Å². The summed E-state index contributed by atoms with van der Waals surface area (Å²) in [4.78, 5) is 4.52. The number of pyridine rings is 1. The van der Waals surface area contributed by atoms with Crippen molar-refractivity contribution >= 4 is 11.6 Å². The standard InChI is InChI=1S/C14H21N5/c1-10-6-5-9-13-17-14(18-19(10)13)16-12-8-4-2-3-7-11(12)15/h5-6,9,11-12H,2-4,7-8,15H2,1H3,(H,16,18). The molecule has 0 radical (unpaired) electrons. The van der Waals surface area contributed by atoms with Crippen LogP contribution in [0.2, 0.25) is 0 Å². The summed E-state index contributed by atoms with van der Waals surface area (Å²) in [6.45, 7) is 2.03. The molecule has 1 aliphatic rings. The van der Waals surface area contributed by atoms with E-state index in [2.05, 4.69) is 15.4 Å². The van der Waals surface area contributed by atoms with Crippen molar-refractivity contribution in [1.82, 2.24) is 14.6 Å². The van der Waals surface area contributed by atoms with E-state index < -0.39 is 0 Å². The SMILES string of the molecule is Cc1cccc2nc(NC3CCCCCC3N)nn12. The highest BCUT2D eigenvalue weighted by Gasteiger charge is 2.21. The molecule has 102 valence electrons. The van der Waals surface area contributed by atoms with E-state index in [-0.39, 0.29) is 6.04 Å². The van der Waals surface area contributed by atoms with Crippen LogP contribution in [0, 0.1) is 6.92 Å². The van der Waals surface area contributed by atoms with Gasteiger partial charge in [-0.2, -0.15) is 4.98 Å². The minimum atomic E-state index is 0.204. The minimum absolute atomic E-state index is 0.204. The van der Waals surface area contributed by atoms with Gasteiger partial charge in [0.25, 0.3) is 0 Å². The van der Waals surface area contributed by atoms with Crippen molar-refractivity contribution in [3.05, 3.63) is 23.9 Å². The molecular formula is C14H21N5.